The summed E-state index contributed by atoms with van der Waals surface area (Å²) < 4.78 is 12.0. The van der Waals surface area contributed by atoms with Gasteiger partial charge in [-0.3, -0.25) is 4.90 Å². The highest BCUT2D eigenvalue weighted by molar-refractivity contribution is 5.33. The molecule has 120 valence electrons. The van der Waals surface area contributed by atoms with Crippen molar-refractivity contribution in [1.29, 1.82) is 0 Å². The first-order valence-electron chi connectivity index (χ1n) is 8.40. The highest BCUT2D eigenvalue weighted by atomic mass is 16.5. The number of hydrogen-bond acceptors (Lipinski definition) is 3. The molecule has 1 heterocycles. The van der Waals surface area contributed by atoms with Crippen LogP contribution >= 0.6 is 0 Å². The predicted octanol–water partition coefficient (Wildman–Crippen LogP) is 3.60. The van der Waals surface area contributed by atoms with E-state index in [1.807, 2.05) is 12.1 Å². The lowest BCUT2D eigenvalue weighted by atomic mass is 9.71. The van der Waals surface area contributed by atoms with E-state index in [0.717, 1.165) is 38.4 Å². The molecule has 22 heavy (non-hydrogen) atoms. The Kier molecular flexibility index (Phi) is 4.84. The van der Waals surface area contributed by atoms with Gasteiger partial charge in [-0.2, -0.15) is 0 Å². The predicted molar refractivity (Wildman–Crippen MR) is 89.2 cm³/mol. The summed E-state index contributed by atoms with van der Waals surface area (Å²) in [6, 6.07) is 8.48. The lowest BCUT2D eigenvalue weighted by Crippen LogP contribution is -2.43. The highest BCUT2D eigenvalue weighted by Crippen LogP contribution is 2.46. The molecular formula is C19H27NO2. The third-order valence-electron chi connectivity index (χ3n) is 5.20. The Hall–Kier alpha value is -1.32. The molecule has 1 aliphatic heterocycles. The number of methoxy groups -OCH3 is 1. The van der Waals surface area contributed by atoms with Crippen molar-refractivity contribution >= 4 is 0 Å². The Morgan fingerprint density at radius 3 is 3.18 bits per heavy atom. The zero-order chi connectivity index (χ0) is 15.4. The van der Waals surface area contributed by atoms with Crippen LogP contribution in [0.25, 0.3) is 0 Å². The molecule has 0 aromatic heterocycles. The Labute approximate surface area is 133 Å². The first kappa shape index (κ1) is 15.6. The molecule has 3 nitrogen and oxygen atoms in total. The molecule has 0 amide bonds. The summed E-state index contributed by atoms with van der Waals surface area (Å²) in [5, 5.41) is 0. The fourth-order valence-electron chi connectivity index (χ4n) is 4.10. The molecule has 2 fully saturated rings. The molecule has 1 saturated heterocycles. The van der Waals surface area contributed by atoms with Crippen LogP contribution in [0, 0.1) is 5.92 Å². The average molecular weight is 301 g/mol. The highest BCUT2D eigenvalue weighted by Gasteiger charge is 2.45. The summed E-state index contributed by atoms with van der Waals surface area (Å²) in [5.41, 5.74) is 1.15. The van der Waals surface area contributed by atoms with Crippen molar-refractivity contribution in [2.24, 2.45) is 5.92 Å². The Morgan fingerprint density at radius 2 is 2.36 bits per heavy atom. The maximum Gasteiger partial charge on any atom is 0.119 e. The minimum absolute atomic E-state index is 0.136. The number of ether oxygens (including phenoxy) is 2. The smallest absolute Gasteiger partial charge is 0.119 e. The first-order chi connectivity index (χ1) is 10.8. The second-order valence-electron chi connectivity index (χ2n) is 6.46. The van der Waals surface area contributed by atoms with Gasteiger partial charge in [-0.15, -0.1) is 6.58 Å². The van der Waals surface area contributed by atoms with E-state index < -0.39 is 0 Å². The molecule has 0 bridgehead atoms. The minimum atomic E-state index is -0.136. The molecule has 2 unspecified atom stereocenters. The van der Waals surface area contributed by atoms with E-state index in [1.54, 1.807) is 7.11 Å². The summed E-state index contributed by atoms with van der Waals surface area (Å²) in [7, 11) is 1.73. The molecular weight excluding hydrogens is 274 g/mol. The molecule has 1 aromatic rings. The molecule has 1 aromatic carbocycles. The molecule has 2 aliphatic rings. The number of nitrogens with zero attached hydrogens (tertiary/aromatic N) is 1. The van der Waals surface area contributed by atoms with Crippen LogP contribution in [0.1, 0.15) is 31.2 Å². The van der Waals surface area contributed by atoms with Gasteiger partial charge in [-0.05, 0) is 30.5 Å². The van der Waals surface area contributed by atoms with Gasteiger partial charge < -0.3 is 9.47 Å². The third kappa shape index (κ3) is 2.92. The molecule has 0 radical (unpaired) electrons. The summed E-state index contributed by atoms with van der Waals surface area (Å²) in [5.74, 6) is 1.47. The van der Waals surface area contributed by atoms with Crippen molar-refractivity contribution in [3.63, 3.8) is 0 Å². The summed E-state index contributed by atoms with van der Waals surface area (Å²) in [4.78, 5) is 2.48. The largest absolute Gasteiger partial charge is 0.497 e. The van der Waals surface area contributed by atoms with E-state index in [4.69, 9.17) is 9.47 Å². The quantitative estimate of drug-likeness (QED) is 0.793. The topological polar surface area (TPSA) is 21.7 Å². The van der Waals surface area contributed by atoms with Crippen LogP contribution in [-0.4, -0.2) is 38.3 Å². The lowest BCUT2D eigenvalue weighted by molar-refractivity contribution is -0.101. The number of benzene rings is 1. The van der Waals surface area contributed by atoms with Gasteiger partial charge in [0, 0.05) is 25.6 Å². The summed E-state index contributed by atoms with van der Waals surface area (Å²) in [6.07, 6.45) is 6.91. The van der Waals surface area contributed by atoms with Gasteiger partial charge in [0.25, 0.3) is 0 Å². The van der Waals surface area contributed by atoms with E-state index in [9.17, 15) is 0 Å². The second-order valence-corrected chi connectivity index (χ2v) is 6.46. The van der Waals surface area contributed by atoms with Gasteiger partial charge in [-0.1, -0.05) is 31.1 Å². The fraction of sp³-hybridized carbons (Fsp3) is 0.579. The van der Waals surface area contributed by atoms with Gasteiger partial charge in [0.1, 0.15) is 5.75 Å². The molecule has 3 rings (SSSR count). The van der Waals surface area contributed by atoms with Crippen LogP contribution in [0.3, 0.4) is 0 Å². The van der Waals surface area contributed by atoms with Gasteiger partial charge in [0.15, 0.2) is 0 Å². The number of rotatable bonds is 4. The van der Waals surface area contributed by atoms with Gasteiger partial charge >= 0.3 is 0 Å². The summed E-state index contributed by atoms with van der Waals surface area (Å²) in [6.45, 7) is 7.73. The molecule has 1 saturated carbocycles. The monoisotopic (exact) mass is 301 g/mol. The maximum absolute atomic E-state index is 6.53. The van der Waals surface area contributed by atoms with Crippen LogP contribution in [0.2, 0.25) is 0 Å². The lowest BCUT2D eigenvalue weighted by Gasteiger charge is -2.43. The van der Waals surface area contributed by atoms with E-state index in [1.165, 1.54) is 24.8 Å². The zero-order valence-electron chi connectivity index (χ0n) is 13.6. The van der Waals surface area contributed by atoms with Crippen LogP contribution in [-0.2, 0) is 10.3 Å². The van der Waals surface area contributed by atoms with E-state index >= 15 is 0 Å². The SMILES string of the molecule is C=CCN1CCOC2(c3cccc(OC)c3)CCCCC2C1. The van der Waals surface area contributed by atoms with Crippen molar-refractivity contribution in [2.75, 3.05) is 33.4 Å². The normalized spacial score (nSPS) is 29.4. The van der Waals surface area contributed by atoms with E-state index in [2.05, 4.69) is 29.7 Å². The average Bonchev–Trinajstić information content (AvgIpc) is 2.75. The molecule has 0 spiro atoms. The van der Waals surface area contributed by atoms with E-state index in [-0.39, 0.29) is 5.60 Å². The van der Waals surface area contributed by atoms with E-state index in [0.29, 0.717) is 5.92 Å². The Morgan fingerprint density at radius 1 is 1.45 bits per heavy atom. The Balaban J connectivity index is 1.94. The van der Waals surface area contributed by atoms with Crippen molar-refractivity contribution in [3.8, 4) is 5.75 Å². The van der Waals surface area contributed by atoms with Crippen LogP contribution in [0.15, 0.2) is 36.9 Å². The second kappa shape index (κ2) is 6.84. The van der Waals surface area contributed by atoms with Crippen molar-refractivity contribution < 1.29 is 9.47 Å². The number of hydrogen-bond donors (Lipinski definition) is 0. The van der Waals surface area contributed by atoms with Crippen LogP contribution in [0.4, 0.5) is 0 Å². The van der Waals surface area contributed by atoms with Crippen molar-refractivity contribution in [1.82, 2.24) is 4.90 Å². The van der Waals surface area contributed by atoms with Gasteiger partial charge in [-0.25, -0.2) is 0 Å². The van der Waals surface area contributed by atoms with Gasteiger partial charge in [0.05, 0.1) is 19.3 Å². The molecule has 0 N–H and O–H groups in total. The fourth-order valence-corrected chi connectivity index (χ4v) is 4.10. The van der Waals surface area contributed by atoms with Gasteiger partial charge in [0.2, 0.25) is 0 Å². The zero-order valence-corrected chi connectivity index (χ0v) is 13.6. The third-order valence-corrected chi connectivity index (χ3v) is 5.20. The van der Waals surface area contributed by atoms with Crippen LogP contribution in [0.5, 0.6) is 5.75 Å². The molecule has 2 atom stereocenters. The minimum Gasteiger partial charge on any atom is -0.497 e. The van der Waals surface area contributed by atoms with Crippen LogP contribution < -0.4 is 4.74 Å². The summed E-state index contributed by atoms with van der Waals surface area (Å²) >= 11 is 0. The maximum atomic E-state index is 6.53. The molecule has 1 aliphatic carbocycles. The molecule has 3 heteroatoms. The van der Waals surface area contributed by atoms with Crippen molar-refractivity contribution in [2.45, 2.75) is 31.3 Å². The first-order valence-corrected chi connectivity index (χ1v) is 8.40. The standard InChI is InChI=1S/C19H27NO2/c1-3-11-20-12-13-22-19(10-5-4-7-17(19)15-20)16-8-6-9-18(14-16)21-2/h3,6,8-9,14,17H,1,4-5,7,10-13,15H2,2H3. The Bertz CT molecular complexity index is 516. The number of fused-ring (bicyclic) bond motifs is 1. The van der Waals surface area contributed by atoms with Crippen molar-refractivity contribution in [3.05, 3.63) is 42.5 Å².